The normalized spacial score (nSPS) is 22.0. The highest BCUT2D eigenvalue weighted by Crippen LogP contribution is 2.38. The Hall–Kier alpha value is -2.43. The summed E-state index contributed by atoms with van der Waals surface area (Å²) in [6.07, 6.45) is 5.82. The van der Waals surface area contributed by atoms with Crippen LogP contribution in [0.15, 0.2) is 36.5 Å². The van der Waals surface area contributed by atoms with Crippen molar-refractivity contribution >= 4 is 11.7 Å². The van der Waals surface area contributed by atoms with Crippen LogP contribution in [0.2, 0.25) is 0 Å². The van der Waals surface area contributed by atoms with Crippen LogP contribution >= 0.6 is 0 Å². The molecule has 2 aliphatic rings. The van der Waals surface area contributed by atoms with Crippen LogP contribution in [0.5, 0.6) is 0 Å². The third kappa shape index (κ3) is 2.64. The standard InChI is InChI=1S/C19H20FN3O/c1-12-8-14(20)11-21-18(12)13-4-2-5-15(9-13)22-19(24)23-16-6-3-7-17(23)10-16/h2,4-5,8-9,11,16-17H,3,6-7,10H2,1H3,(H,22,24). The van der Waals surface area contributed by atoms with Gasteiger partial charge in [-0.15, -0.1) is 0 Å². The third-order valence-electron chi connectivity index (χ3n) is 5.07. The highest BCUT2D eigenvalue weighted by Gasteiger charge is 2.44. The average molecular weight is 325 g/mol. The topological polar surface area (TPSA) is 45.2 Å². The smallest absolute Gasteiger partial charge is 0.318 e. The van der Waals surface area contributed by atoms with Crippen LogP contribution in [0.3, 0.4) is 0 Å². The minimum atomic E-state index is -0.343. The number of carbonyl (C=O) groups excluding carboxylic acids is 1. The quantitative estimate of drug-likeness (QED) is 0.892. The van der Waals surface area contributed by atoms with Crippen molar-refractivity contribution in [1.29, 1.82) is 0 Å². The van der Waals surface area contributed by atoms with Gasteiger partial charge < -0.3 is 10.2 Å². The summed E-state index contributed by atoms with van der Waals surface area (Å²) in [5, 5.41) is 3.00. The van der Waals surface area contributed by atoms with Crippen LogP contribution in [0.4, 0.5) is 14.9 Å². The lowest BCUT2D eigenvalue weighted by Crippen LogP contribution is -2.62. The van der Waals surface area contributed by atoms with E-state index in [1.165, 1.54) is 18.7 Å². The molecule has 4 rings (SSSR count). The molecule has 24 heavy (non-hydrogen) atoms. The van der Waals surface area contributed by atoms with E-state index in [0.717, 1.165) is 41.8 Å². The summed E-state index contributed by atoms with van der Waals surface area (Å²) in [7, 11) is 0. The Labute approximate surface area is 140 Å². The zero-order valence-electron chi connectivity index (χ0n) is 13.6. The molecule has 0 radical (unpaired) electrons. The number of amides is 2. The number of aromatic nitrogens is 1. The molecule has 2 atom stereocenters. The van der Waals surface area contributed by atoms with Crippen LogP contribution in [-0.2, 0) is 0 Å². The number of hydrogen-bond donors (Lipinski definition) is 1. The van der Waals surface area contributed by atoms with Crippen molar-refractivity contribution in [2.75, 3.05) is 5.32 Å². The number of pyridine rings is 1. The highest BCUT2D eigenvalue weighted by atomic mass is 19.1. The molecule has 3 heterocycles. The second-order valence-corrected chi connectivity index (χ2v) is 6.71. The van der Waals surface area contributed by atoms with E-state index in [4.69, 9.17) is 0 Å². The zero-order chi connectivity index (χ0) is 16.7. The number of rotatable bonds is 2. The van der Waals surface area contributed by atoms with Gasteiger partial charge in [0.2, 0.25) is 0 Å². The Bertz CT molecular complexity index is 778. The van der Waals surface area contributed by atoms with E-state index in [2.05, 4.69) is 10.3 Å². The average Bonchev–Trinajstić information content (AvgIpc) is 2.55. The third-order valence-corrected chi connectivity index (χ3v) is 5.07. The Balaban J connectivity index is 1.53. The molecule has 2 aliphatic heterocycles. The summed E-state index contributed by atoms with van der Waals surface area (Å²) < 4.78 is 13.2. The van der Waals surface area contributed by atoms with E-state index in [1.807, 2.05) is 36.1 Å². The van der Waals surface area contributed by atoms with Crippen LogP contribution in [-0.4, -0.2) is 28.0 Å². The molecule has 5 heteroatoms. The number of halogens is 1. The molecule has 2 unspecified atom stereocenters. The molecule has 2 aromatic rings. The highest BCUT2D eigenvalue weighted by molar-refractivity contribution is 5.91. The maximum atomic E-state index is 13.2. The lowest BCUT2D eigenvalue weighted by molar-refractivity contribution is 0.0173. The van der Waals surface area contributed by atoms with E-state index in [1.54, 1.807) is 0 Å². The predicted molar refractivity (Wildman–Crippen MR) is 91.3 cm³/mol. The molecule has 1 aromatic heterocycles. The summed E-state index contributed by atoms with van der Waals surface area (Å²) in [6, 6.07) is 9.83. The number of fused-ring (bicyclic) bond motifs is 2. The van der Waals surface area contributed by atoms with E-state index < -0.39 is 0 Å². The molecule has 124 valence electrons. The Kier molecular flexibility index (Phi) is 3.71. The number of benzene rings is 1. The largest absolute Gasteiger partial charge is 0.322 e. The fourth-order valence-corrected chi connectivity index (χ4v) is 3.91. The molecule has 1 aromatic carbocycles. The SMILES string of the molecule is Cc1cc(F)cnc1-c1cccc(NC(=O)N2C3CCCC2C3)c1. The van der Waals surface area contributed by atoms with Gasteiger partial charge in [-0.2, -0.15) is 0 Å². The molecule has 0 spiro atoms. The first-order valence-electron chi connectivity index (χ1n) is 8.44. The van der Waals surface area contributed by atoms with Gasteiger partial charge in [0, 0.05) is 23.3 Å². The van der Waals surface area contributed by atoms with Gasteiger partial charge in [-0.25, -0.2) is 9.18 Å². The lowest BCUT2D eigenvalue weighted by atomic mass is 9.80. The van der Waals surface area contributed by atoms with Crippen molar-refractivity contribution in [1.82, 2.24) is 9.88 Å². The predicted octanol–water partition coefficient (Wildman–Crippen LogP) is 4.35. The van der Waals surface area contributed by atoms with Crippen LogP contribution in [0.25, 0.3) is 11.3 Å². The van der Waals surface area contributed by atoms with Crippen molar-refractivity contribution in [3.63, 3.8) is 0 Å². The zero-order valence-corrected chi connectivity index (χ0v) is 13.6. The summed E-state index contributed by atoms with van der Waals surface area (Å²) in [6.45, 7) is 1.83. The van der Waals surface area contributed by atoms with Crippen LogP contribution in [0.1, 0.15) is 31.2 Å². The number of aryl methyl sites for hydroxylation is 1. The fraction of sp³-hybridized carbons (Fsp3) is 0.368. The molecule has 0 aliphatic carbocycles. The number of piperidine rings is 1. The minimum Gasteiger partial charge on any atom is -0.318 e. The van der Waals surface area contributed by atoms with Crippen molar-refractivity contribution in [3.8, 4) is 11.3 Å². The van der Waals surface area contributed by atoms with Gasteiger partial charge in [-0.1, -0.05) is 12.1 Å². The van der Waals surface area contributed by atoms with Gasteiger partial charge in [-0.3, -0.25) is 4.98 Å². The molecule has 2 fully saturated rings. The van der Waals surface area contributed by atoms with E-state index >= 15 is 0 Å². The second-order valence-electron chi connectivity index (χ2n) is 6.71. The summed E-state index contributed by atoms with van der Waals surface area (Å²) in [5.41, 5.74) is 3.12. The molecule has 2 amide bonds. The molecular formula is C19H20FN3O. The number of urea groups is 1. The Morgan fingerprint density at radius 3 is 2.79 bits per heavy atom. The first-order valence-corrected chi connectivity index (χ1v) is 8.44. The van der Waals surface area contributed by atoms with Gasteiger partial charge in [0.25, 0.3) is 0 Å². The molecule has 0 saturated carbocycles. The lowest BCUT2D eigenvalue weighted by Gasteiger charge is -2.52. The molecular weight excluding hydrogens is 305 g/mol. The number of carbonyl (C=O) groups is 1. The fourth-order valence-electron chi connectivity index (χ4n) is 3.91. The van der Waals surface area contributed by atoms with Gasteiger partial charge in [0.15, 0.2) is 0 Å². The summed E-state index contributed by atoms with van der Waals surface area (Å²) in [5.74, 6) is -0.343. The first kappa shape index (κ1) is 15.1. The Morgan fingerprint density at radius 1 is 1.29 bits per heavy atom. The second kappa shape index (κ2) is 5.89. The number of nitrogens with one attached hydrogen (secondary N) is 1. The molecule has 1 N–H and O–H groups in total. The van der Waals surface area contributed by atoms with Crippen LogP contribution in [0, 0.1) is 12.7 Å². The number of nitrogens with zero attached hydrogens (tertiary/aromatic N) is 2. The maximum absolute atomic E-state index is 13.2. The molecule has 2 saturated heterocycles. The van der Waals surface area contributed by atoms with Gasteiger partial charge in [0.05, 0.1) is 11.9 Å². The Morgan fingerprint density at radius 2 is 2.08 bits per heavy atom. The number of anilines is 1. The monoisotopic (exact) mass is 325 g/mol. The minimum absolute atomic E-state index is 0.0168. The van der Waals surface area contributed by atoms with Crippen molar-refractivity contribution in [3.05, 3.63) is 47.9 Å². The molecule has 2 bridgehead atoms. The van der Waals surface area contributed by atoms with Crippen molar-refractivity contribution < 1.29 is 9.18 Å². The van der Waals surface area contributed by atoms with Crippen molar-refractivity contribution in [2.24, 2.45) is 0 Å². The van der Waals surface area contributed by atoms with Gasteiger partial charge in [0.1, 0.15) is 5.82 Å². The summed E-state index contributed by atoms with van der Waals surface area (Å²) >= 11 is 0. The maximum Gasteiger partial charge on any atom is 0.322 e. The molecule has 4 nitrogen and oxygen atoms in total. The van der Waals surface area contributed by atoms with E-state index in [0.29, 0.717) is 12.1 Å². The first-order chi connectivity index (χ1) is 11.6. The van der Waals surface area contributed by atoms with Crippen molar-refractivity contribution in [2.45, 2.75) is 44.7 Å². The van der Waals surface area contributed by atoms with E-state index in [-0.39, 0.29) is 11.8 Å². The van der Waals surface area contributed by atoms with Gasteiger partial charge in [-0.05, 0) is 56.4 Å². The number of hydrogen-bond acceptors (Lipinski definition) is 2. The van der Waals surface area contributed by atoms with Crippen LogP contribution < -0.4 is 5.32 Å². The summed E-state index contributed by atoms with van der Waals surface area (Å²) in [4.78, 5) is 18.7. The van der Waals surface area contributed by atoms with E-state index in [9.17, 15) is 9.18 Å². The van der Waals surface area contributed by atoms with Gasteiger partial charge >= 0.3 is 6.03 Å².